The maximum atomic E-state index is 15.3. The van der Waals surface area contributed by atoms with Gasteiger partial charge in [0.2, 0.25) is 0 Å². The van der Waals surface area contributed by atoms with E-state index in [1.165, 1.54) is 45.2 Å². The molecule has 3 heterocycles. The highest BCUT2D eigenvalue weighted by molar-refractivity contribution is 7.87. The fourth-order valence-electron chi connectivity index (χ4n) is 7.17. The van der Waals surface area contributed by atoms with Crippen molar-refractivity contribution in [1.29, 1.82) is 0 Å². The van der Waals surface area contributed by atoms with Gasteiger partial charge in [0.1, 0.15) is 35.4 Å². The maximum absolute atomic E-state index is 15.3. The van der Waals surface area contributed by atoms with Crippen molar-refractivity contribution >= 4 is 25.3 Å². The Morgan fingerprint density at radius 1 is 0.833 bits per heavy atom. The Bertz CT molecular complexity index is 1780. The van der Waals surface area contributed by atoms with Gasteiger partial charge >= 0.3 is 15.2 Å². The van der Waals surface area contributed by atoms with Crippen LogP contribution < -0.4 is 4.74 Å². The number of methoxy groups -OCH3 is 1. The van der Waals surface area contributed by atoms with E-state index in [1.54, 1.807) is 52.0 Å². The minimum absolute atomic E-state index is 0.0404. The first-order valence-electron chi connectivity index (χ1n) is 17.9. The third-order valence-corrected chi connectivity index (χ3v) is 16.2. The molecule has 0 spiro atoms. The summed E-state index contributed by atoms with van der Waals surface area (Å²) in [5.74, 6) is -3.58. The van der Waals surface area contributed by atoms with Gasteiger partial charge in [-0.15, -0.1) is 0 Å². The molecule has 3 fully saturated rings. The van der Waals surface area contributed by atoms with Crippen LogP contribution in [-0.4, -0.2) is 92.8 Å². The average molecular weight is 821 g/mol. The van der Waals surface area contributed by atoms with Gasteiger partial charge in [0.05, 0.1) is 26.9 Å². The predicted octanol–water partition coefficient (Wildman–Crippen LogP) is 6.33. The monoisotopic (exact) mass is 820 g/mol. The standard InChI is InChI=1S/C36H54O15P2S/c1-11-45-52(37,38)33(53(39,40)46-12-2)27(22-15-19-25(43-10)20-16-22)31(23-13-17-24(18-14-23)34(3,4)5)54(41,42)51-29-28(26-21-44-35(6,7)48-26)47-32-30(29)49-36(8,9)50-32/h13-20,26-33H,11-12,21H2,1-10H3,(H,37,38)(H,39,40)/t26-,27+,28-,29-,30-,31-,32-/m1/s1. The molecular weight excluding hydrogens is 766 g/mol. The second-order valence-electron chi connectivity index (χ2n) is 15.5. The topological polar surface area (TPSA) is 192 Å². The molecule has 15 nitrogen and oxygen atoms in total. The van der Waals surface area contributed by atoms with Crippen molar-refractivity contribution in [3.63, 3.8) is 0 Å². The van der Waals surface area contributed by atoms with Crippen LogP contribution in [0.4, 0.5) is 0 Å². The molecule has 2 N–H and O–H groups in total. The molecule has 3 saturated heterocycles. The van der Waals surface area contributed by atoms with Crippen LogP contribution in [0.1, 0.15) is 90.2 Å². The fourth-order valence-corrected chi connectivity index (χ4v) is 13.6. The van der Waals surface area contributed by atoms with Crippen molar-refractivity contribution in [2.75, 3.05) is 26.9 Å². The molecule has 2 aromatic carbocycles. The molecule has 5 rings (SSSR count). The number of ether oxygens (including phenoxy) is 6. The minimum Gasteiger partial charge on any atom is -0.497 e. The zero-order valence-corrected chi connectivity index (χ0v) is 35.0. The highest BCUT2D eigenvalue weighted by Crippen LogP contribution is 2.72. The molecule has 304 valence electrons. The van der Waals surface area contributed by atoms with Crippen molar-refractivity contribution in [1.82, 2.24) is 0 Å². The van der Waals surface area contributed by atoms with Crippen LogP contribution >= 0.6 is 15.2 Å². The molecule has 2 aromatic rings. The Hall–Kier alpha value is -1.75. The summed E-state index contributed by atoms with van der Waals surface area (Å²) >= 11 is 0. The molecule has 0 amide bonds. The van der Waals surface area contributed by atoms with Crippen LogP contribution in [0.15, 0.2) is 48.5 Å². The Kier molecular flexibility index (Phi) is 12.8. The number of rotatable bonds is 15. The highest BCUT2D eigenvalue weighted by Gasteiger charge is 2.62. The van der Waals surface area contributed by atoms with Gasteiger partial charge in [0.15, 0.2) is 23.3 Å². The summed E-state index contributed by atoms with van der Waals surface area (Å²) in [6, 6.07) is 12.5. The molecule has 0 aliphatic carbocycles. The number of fused-ring (bicyclic) bond motifs is 1. The van der Waals surface area contributed by atoms with Crippen LogP contribution in [0.2, 0.25) is 0 Å². The van der Waals surface area contributed by atoms with E-state index in [4.69, 9.17) is 41.7 Å². The molecule has 0 saturated carbocycles. The lowest BCUT2D eigenvalue weighted by molar-refractivity contribution is -0.230. The fraction of sp³-hybridized carbons (Fsp3) is 0.667. The van der Waals surface area contributed by atoms with Crippen molar-refractivity contribution in [3.05, 3.63) is 65.2 Å². The Balaban J connectivity index is 1.75. The molecular formula is C36H54O15P2S. The van der Waals surface area contributed by atoms with Crippen LogP contribution in [-0.2, 0) is 61.6 Å². The second kappa shape index (κ2) is 15.9. The minimum atomic E-state index is -5.18. The number of hydrogen-bond acceptors (Lipinski definition) is 13. The SMILES string of the molecule is CCOP(=O)(O)C([C@@H](c1ccc(OC)cc1)[C@@H](c1ccc(C(C)(C)C)cc1)S(=O)(=O)O[C@H]1[C@H]2OC(C)(C)O[C@H]2O[C@@H]1[C@H]1COC(C)(C)O1)P(=O)(O)OCC. The van der Waals surface area contributed by atoms with Crippen molar-refractivity contribution in [2.45, 2.75) is 127 Å². The Morgan fingerprint density at radius 3 is 1.87 bits per heavy atom. The van der Waals surface area contributed by atoms with Gasteiger partial charge < -0.3 is 47.3 Å². The predicted molar refractivity (Wildman–Crippen MR) is 198 cm³/mol. The summed E-state index contributed by atoms with van der Waals surface area (Å²) < 4.78 is 112. The van der Waals surface area contributed by atoms with E-state index in [2.05, 4.69) is 0 Å². The summed E-state index contributed by atoms with van der Waals surface area (Å²) in [5.41, 5.74) is 0.713. The van der Waals surface area contributed by atoms with Gasteiger partial charge in [0, 0.05) is 5.92 Å². The van der Waals surface area contributed by atoms with Gasteiger partial charge in [0.25, 0.3) is 10.1 Å². The summed E-state index contributed by atoms with van der Waals surface area (Å²) in [5, 5.41) is -4.23. The van der Waals surface area contributed by atoms with E-state index >= 15 is 8.42 Å². The third-order valence-electron chi connectivity index (χ3n) is 9.53. The smallest absolute Gasteiger partial charge is 0.343 e. The van der Waals surface area contributed by atoms with Crippen molar-refractivity contribution in [3.8, 4) is 5.75 Å². The summed E-state index contributed by atoms with van der Waals surface area (Å²) in [7, 11) is -14.0. The first-order chi connectivity index (χ1) is 24.9. The zero-order chi connectivity index (χ0) is 40.1. The van der Waals surface area contributed by atoms with Crippen LogP contribution in [0.3, 0.4) is 0 Å². The van der Waals surface area contributed by atoms with E-state index in [0.29, 0.717) is 5.75 Å². The first-order valence-corrected chi connectivity index (χ1v) is 22.6. The number of hydrogen-bond donors (Lipinski definition) is 2. The molecule has 18 heteroatoms. The van der Waals surface area contributed by atoms with Gasteiger partial charge in [-0.25, -0.2) is 0 Å². The summed E-state index contributed by atoms with van der Waals surface area (Å²) in [6.07, 6.45) is -5.37. The molecule has 3 aliphatic rings. The van der Waals surface area contributed by atoms with E-state index in [1.807, 2.05) is 20.8 Å². The first kappa shape index (κ1) is 43.4. The molecule has 0 aromatic heterocycles. The van der Waals surface area contributed by atoms with Crippen LogP contribution in [0, 0.1) is 0 Å². The highest BCUT2D eigenvalue weighted by atomic mass is 32.2. The molecule has 9 atom stereocenters. The lowest BCUT2D eigenvalue weighted by Gasteiger charge is -2.37. The van der Waals surface area contributed by atoms with Gasteiger partial charge in [-0.05, 0) is 75.8 Å². The number of benzene rings is 2. The van der Waals surface area contributed by atoms with Crippen molar-refractivity contribution < 1.29 is 69.0 Å². The molecule has 3 aliphatic heterocycles. The lowest BCUT2D eigenvalue weighted by atomic mass is 9.85. The summed E-state index contributed by atoms with van der Waals surface area (Å²) in [4.78, 5) is 23.1. The Labute approximate surface area is 318 Å². The van der Waals surface area contributed by atoms with Gasteiger partial charge in [-0.3, -0.25) is 13.3 Å². The van der Waals surface area contributed by atoms with Crippen LogP contribution in [0.5, 0.6) is 5.75 Å². The average Bonchev–Trinajstić information content (AvgIpc) is 3.68. The lowest BCUT2D eigenvalue weighted by Crippen LogP contribution is -2.46. The summed E-state index contributed by atoms with van der Waals surface area (Å²) in [6.45, 7) is 14.9. The van der Waals surface area contributed by atoms with Crippen molar-refractivity contribution in [2.24, 2.45) is 0 Å². The second-order valence-corrected chi connectivity index (χ2v) is 21.4. The normalized spacial score (nSPS) is 29.1. The largest absolute Gasteiger partial charge is 0.497 e. The van der Waals surface area contributed by atoms with E-state index < -0.39 is 84.2 Å². The quantitative estimate of drug-likeness (QED) is 0.150. The van der Waals surface area contributed by atoms with Gasteiger partial charge in [-0.2, -0.15) is 8.42 Å². The molecule has 54 heavy (non-hydrogen) atoms. The Morgan fingerprint density at radius 2 is 1.39 bits per heavy atom. The third kappa shape index (κ3) is 9.34. The van der Waals surface area contributed by atoms with Gasteiger partial charge in [-0.1, -0.05) is 57.2 Å². The molecule has 0 radical (unpaired) electrons. The van der Waals surface area contributed by atoms with E-state index in [0.717, 1.165) is 5.56 Å². The van der Waals surface area contributed by atoms with E-state index in [-0.39, 0.29) is 36.4 Å². The maximum Gasteiger partial charge on any atom is 0.343 e. The molecule has 2 unspecified atom stereocenters. The van der Waals surface area contributed by atoms with Crippen LogP contribution in [0.25, 0.3) is 0 Å². The zero-order valence-electron chi connectivity index (χ0n) is 32.4. The molecule has 0 bridgehead atoms. The van der Waals surface area contributed by atoms with E-state index in [9.17, 15) is 18.9 Å².